The number of aromatic nitrogens is 2. The SMILES string of the molecule is Cc1nc(-c2cc(Br)c3c(c2)OCO3)[nH]c(=O)c1C. The van der Waals surface area contributed by atoms with Gasteiger partial charge in [-0.2, -0.15) is 0 Å². The van der Waals surface area contributed by atoms with Crippen molar-refractivity contribution in [3.05, 3.63) is 38.2 Å². The lowest BCUT2D eigenvalue weighted by Gasteiger charge is -2.06. The highest BCUT2D eigenvalue weighted by Crippen LogP contribution is 2.41. The molecule has 0 unspecified atom stereocenters. The van der Waals surface area contributed by atoms with Crippen molar-refractivity contribution in [2.45, 2.75) is 13.8 Å². The summed E-state index contributed by atoms with van der Waals surface area (Å²) in [6.45, 7) is 3.77. The lowest BCUT2D eigenvalue weighted by atomic mass is 10.1. The topological polar surface area (TPSA) is 64.2 Å². The van der Waals surface area contributed by atoms with E-state index in [0.717, 1.165) is 10.0 Å². The fraction of sp³-hybridized carbons (Fsp3) is 0.231. The molecule has 0 atom stereocenters. The number of hydrogen-bond acceptors (Lipinski definition) is 4. The third kappa shape index (κ3) is 2.02. The van der Waals surface area contributed by atoms with Gasteiger partial charge in [0.05, 0.1) is 4.47 Å². The van der Waals surface area contributed by atoms with Crippen molar-refractivity contribution < 1.29 is 9.47 Å². The van der Waals surface area contributed by atoms with Crippen LogP contribution in [0.15, 0.2) is 21.4 Å². The number of nitrogens with one attached hydrogen (secondary N) is 1. The van der Waals surface area contributed by atoms with E-state index >= 15 is 0 Å². The minimum absolute atomic E-state index is 0.128. The van der Waals surface area contributed by atoms with E-state index in [-0.39, 0.29) is 12.4 Å². The summed E-state index contributed by atoms with van der Waals surface area (Å²) < 4.78 is 11.5. The number of benzene rings is 1. The van der Waals surface area contributed by atoms with Gasteiger partial charge >= 0.3 is 0 Å². The number of fused-ring (bicyclic) bond motifs is 1. The molecule has 2 heterocycles. The maximum atomic E-state index is 11.8. The van der Waals surface area contributed by atoms with E-state index < -0.39 is 0 Å². The van der Waals surface area contributed by atoms with Crippen LogP contribution < -0.4 is 15.0 Å². The van der Waals surface area contributed by atoms with Crippen molar-refractivity contribution in [3.63, 3.8) is 0 Å². The first-order valence-electron chi connectivity index (χ1n) is 5.73. The zero-order chi connectivity index (χ0) is 13.6. The molecule has 0 spiro atoms. The number of halogens is 1. The number of aryl methyl sites for hydroxylation is 1. The molecule has 5 nitrogen and oxygen atoms in total. The van der Waals surface area contributed by atoms with Crippen molar-refractivity contribution in [1.29, 1.82) is 0 Å². The Morgan fingerprint density at radius 3 is 2.84 bits per heavy atom. The van der Waals surface area contributed by atoms with Gasteiger partial charge in [0.1, 0.15) is 5.82 Å². The van der Waals surface area contributed by atoms with Gasteiger partial charge in [-0.3, -0.25) is 4.79 Å². The molecule has 0 bridgehead atoms. The summed E-state index contributed by atoms with van der Waals surface area (Å²) in [5.74, 6) is 1.84. The Kier molecular flexibility index (Phi) is 2.82. The van der Waals surface area contributed by atoms with Crippen LogP contribution in [0.4, 0.5) is 0 Å². The molecule has 0 saturated carbocycles. The largest absolute Gasteiger partial charge is 0.454 e. The van der Waals surface area contributed by atoms with Crippen molar-refractivity contribution in [3.8, 4) is 22.9 Å². The Labute approximate surface area is 117 Å². The minimum atomic E-state index is -0.128. The molecule has 1 N–H and O–H groups in total. The minimum Gasteiger partial charge on any atom is -0.454 e. The second-order valence-electron chi connectivity index (χ2n) is 4.32. The lowest BCUT2D eigenvalue weighted by molar-refractivity contribution is 0.173. The van der Waals surface area contributed by atoms with Crippen LogP contribution in [0.5, 0.6) is 11.5 Å². The third-order valence-electron chi connectivity index (χ3n) is 3.10. The van der Waals surface area contributed by atoms with Crippen LogP contribution in [0.3, 0.4) is 0 Å². The van der Waals surface area contributed by atoms with E-state index in [4.69, 9.17) is 9.47 Å². The zero-order valence-corrected chi connectivity index (χ0v) is 12.0. The van der Waals surface area contributed by atoms with E-state index in [0.29, 0.717) is 28.6 Å². The Morgan fingerprint density at radius 1 is 1.32 bits per heavy atom. The maximum absolute atomic E-state index is 11.8. The van der Waals surface area contributed by atoms with Gasteiger partial charge in [-0.1, -0.05) is 0 Å². The number of rotatable bonds is 1. The second kappa shape index (κ2) is 4.38. The summed E-state index contributed by atoms with van der Waals surface area (Å²) >= 11 is 3.42. The Morgan fingerprint density at radius 2 is 2.11 bits per heavy atom. The molecule has 1 aliphatic rings. The van der Waals surface area contributed by atoms with Crippen LogP contribution in [0, 0.1) is 13.8 Å². The highest BCUT2D eigenvalue weighted by atomic mass is 79.9. The van der Waals surface area contributed by atoms with Crippen molar-refractivity contribution in [2.75, 3.05) is 6.79 Å². The first-order chi connectivity index (χ1) is 9.06. The van der Waals surface area contributed by atoms with Crippen LogP contribution in [-0.4, -0.2) is 16.8 Å². The summed E-state index contributed by atoms with van der Waals surface area (Å²) in [7, 11) is 0. The van der Waals surface area contributed by atoms with Gasteiger partial charge in [0.15, 0.2) is 11.5 Å². The molecule has 0 radical (unpaired) electrons. The monoisotopic (exact) mass is 322 g/mol. The molecule has 0 amide bonds. The molecule has 3 rings (SSSR count). The first-order valence-corrected chi connectivity index (χ1v) is 6.52. The summed E-state index contributed by atoms with van der Waals surface area (Å²) in [4.78, 5) is 19.0. The van der Waals surface area contributed by atoms with Gasteiger partial charge in [0, 0.05) is 16.8 Å². The molecule has 98 valence electrons. The first kappa shape index (κ1) is 12.2. The van der Waals surface area contributed by atoms with Crippen LogP contribution >= 0.6 is 15.9 Å². The molecule has 0 aliphatic carbocycles. The molecule has 19 heavy (non-hydrogen) atoms. The third-order valence-corrected chi connectivity index (χ3v) is 3.68. The number of hydrogen-bond donors (Lipinski definition) is 1. The highest BCUT2D eigenvalue weighted by Gasteiger charge is 2.19. The number of aromatic amines is 1. The molecule has 6 heteroatoms. The number of H-pyrrole nitrogens is 1. The van der Waals surface area contributed by atoms with E-state index in [1.807, 2.05) is 13.0 Å². The second-order valence-corrected chi connectivity index (χ2v) is 5.17. The average molecular weight is 323 g/mol. The fourth-order valence-corrected chi connectivity index (χ4v) is 2.44. The number of ether oxygens (including phenoxy) is 2. The zero-order valence-electron chi connectivity index (χ0n) is 10.4. The Balaban J connectivity index is 2.18. The molecule has 1 aromatic heterocycles. The van der Waals surface area contributed by atoms with Crippen LogP contribution in [0.25, 0.3) is 11.4 Å². The summed E-state index contributed by atoms with van der Waals surface area (Å²) in [6, 6.07) is 3.65. The normalized spacial score (nSPS) is 12.8. The van der Waals surface area contributed by atoms with Crippen molar-refractivity contribution >= 4 is 15.9 Å². The molecule has 0 fully saturated rings. The smallest absolute Gasteiger partial charge is 0.254 e. The molecule has 1 aliphatic heterocycles. The summed E-state index contributed by atoms with van der Waals surface area (Å²) in [5.41, 5.74) is 1.99. The standard InChI is InChI=1S/C13H11BrN2O3/c1-6-7(2)15-12(16-13(6)17)8-3-9(14)11-10(4-8)18-5-19-11/h3-4H,5H2,1-2H3,(H,15,16,17). The molecule has 0 saturated heterocycles. The van der Waals surface area contributed by atoms with Gasteiger partial charge in [0.25, 0.3) is 5.56 Å². The van der Waals surface area contributed by atoms with Crippen molar-refractivity contribution in [2.24, 2.45) is 0 Å². The van der Waals surface area contributed by atoms with E-state index in [1.54, 1.807) is 13.0 Å². The highest BCUT2D eigenvalue weighted by molar-refractivity contribution is 9.10. The van der Waals surface area contributed by atoms with E-state index in [2.05, 4.69) is 25.9 Å². The van der Waals surface area contributed by atoms with E-state index in [1.165, 1.54) is 0 Å². The van der Waals surface area contributed by atoms with Crippen LogP contribution in [0.2, 0.25) is 0 Å². The van der Waals surface area contributed by atoms with Gasteiger partial charge < -0.3 is 14.5 Å². The van der Waals surface area contributed by atoms with Gasteiger partial charge in [-0.15, -0.1) is 0 Å². The average Bonchev–Trinajstić information content (AvgIpc) is 2.84. The number of nitrogens with zero attached hydrogens (tertiary/aromatic N) is 1. The predicted octanol–water partition coefficient (Wildman–Crippen LogP) is 2.54. The summed E-state index contributed by atoms with van der Waals surface area (Å²) in [5, 5.41) is 0. The summed E-state index contributed by atoms with van der Waals surface area (Å²) in [6.07, 6.45) is 0. The van der Waals surface area contributed by atoms with Crippen molar-refractivity contribution in [1.82, 2.24) is 9.97 Å². The fourth-order valence-electron chi connectivity index (χ4n) is 1.89. The molecular formula is C13H11BrN2O3. The quantitative estimate of drug-likeness (QED) is 0.876. The van der Waals surface area contributed by atoms with Gasteiger partial charge in [0.2, 0.25) is 6.79 Å². The van der Waals surface area contributed by atoms with Gasteiger partial charge in [-0.05, 0) is 41.9 Å². The molecular weight excluding hydrogens is 312 g/mol. The van der Waals surface area contributed by atoms with Crippen LogP contribution in [0.1, 0.15) is 11.3 Å². The Hall–Kier alpha value is -1.82. The lowest BCUT2D eigenvalue weighted by Crippen LogP contribution is -2.14. The van der Waals surface area contributed by atoms with E-state index in [9.17, 15) is 4.79 Å². The Bertz CT molecular complexity index is 725. The van der Waals surface area contributed by atoms with Crippen LogP contribution in [-0.2, 0) is 0 Å². The molecule has 1 aromatic carbocycles. The maximum Gasteiger partial charge on any atom is 0.254 e. The van der Waals surface area contributed by atoms with Gasteiger partial charge in [-0.25, -0.2) is 4.98 Å². The molecule has 2 aromatic rings. The predicted molar refractivity (Wildman–Crippen MR) is 73.6 cm³/mol.